The van der Waals surface area contributed by atoms with Crippen LogP contribution >= 0.6 is 0 Å². The van der Waals surface area contributed by atoms with E-state index < -0.39 is 0 Å². The topological polar surface area (TPSA) is 8.81 Å². The van der Waals surface area contributed by atoms with Gasteiger partial charge in [-0.15, -0.1) is 0 Å². The van der Waals surface area contributed by atoms with E-state index >= 15 is 0 Å². The van der Waals surface area contributed by atoms with Crippen molar-refractivity contribution in [1.82, 2.24) is 4.57 Å². The number of hydrogen-bond donors (Lipinski definition) is 0. The van der Waals surface area contributed by atoms with Crippen molar-refractivity contribution < 1.29 is 48.9 Å². The van der Waals surface area contributed by atoms with Gasteiger partial charge in [-0.3, -0.25) is 0 Å². The van der Waals surface area contributed by atoms with Gasteiger partial charge in [0.2, 0.25) is 6.33 Å². The normalized spacial score (nSPS) is 7.09. The van der Waals surface area contributed by atoms with Crippen molar-refractivity contribution in [3.8, 4) is 0 Å². The van der Waals surface area contributed by atoms with E-state index in [1.807, 2.05) is 17.8 Å². The van der Waals surface area contributed by atoms with E-state index in [9.17, 15) is 0 Å². The van der Waals surface area contributed by atoms with Gasteiger partial charge in [0.25, 0.3) is 0 Å². The molecule has 5 heteroatoms. The van der Waals surface area contributed by atoms with Crippen LogP contribution in [0.3, 0.4) is 0 Å². The second kappa shape index (κ2) is 8.51. The number of aryl methyl sites for hydroxylation is 2. The Labute approximate surface area is 92.6 Å². The summed E-state index contributed by atoms with van der Waals surface area (Å²) < 4.78 is 4.16. The zero-order valence-corrected chi connectivity index (χ0v) is 11.3. The Bertz CT molecular complexity index is 179. The third-order valence-corrected chi connectivity index (χ3v) is 1.19. The summed E-state index contributed by atoms with van der Waals surface area (Å²) in [5, 5.41) is 0. The first-order valence-electron chi connectivity index (χ1n) is 2.84. The van der Waals surface area contributed by atoms with Crippen molar-refractivity contribution in [2.45, 2.75) is 13.5 Å². The number of halogens is 2. The molecule has 61 valence electrons. The van der Waals surface area contributed by atoms with Gasteiger partial charge in [0.1, 0.15) is 12.4 Å². The van der Waals surface area contributed by atoms with Gasteiger partial charge in [-0.25, -0.2) is 9.13 Å². The summed E-state index contributed by atoms with van der Waals surface area (Å²) in [4.78, 5) is 0. The Balaban J connectivity index is -0.000000213. The van der Waals surface area contributed by atoms with Crippen molar-refractivity contribution in [2.24, 2.45) is 7.05 Å². The predicted octanol–water partition coefficient (Wildman–Crippen LogP) is -5.66. The fraction of sp³-hybridized carbons (Fsp3) is 0.500. The zero-order valence-electron chi connectivity index (χ0n) is 6.80. The summed E-state index contributed by atoms with van der Waals surface area (Å²) in [6, 6.07) is 0. The van der Waals surface area contributed by atoms with E-state index in [4.69, 9.17) is 0 Å². The molecule has 0 spiro atoms. The molecular weight excluding hydrogens is 236 g/mol. The predicted molar refractivity (Wildman–Crippen MR) is 31.3 cm³/mol. The molecule has 1 heterocycles. The Morgan fingerprint density at radius 2 is 1.91 bits per heavy atom. The molecule has 0 aliphatic heterocycles. The molecule has 1 aromatic rings. The minimum absolute atomic E-state index is 0. The molecule has 0 saturated carbocycles. The largest absolute Gasteiger partial charge is 1.00 e. The summed E-state index contributed by atoms with van der Waals surface area (Å²) in [6.07, 6.45) is 6.14. The molecular formula is C6H11Cl2N2Zn. The zero-order chi connectivity index (χ0) is 5.98. The van der Waals surface area contributed by atoms with Crippen molar-refractivity contribution in [2.75, 3.05) is 0 Å². The van der Waals surface area contributed by atoms with Crippen LogP contribution in [-0.2, 0) is 33.1 Å². The van der Waals surface area contributed by atoms with E-state index in [-0.39, 0.29) is 44.3 Å². The maximum Gasteiger partial charge on any atom is 1.00 e. The van der Waals surface area contributed by atoms with E-state index in [0.717, 1.165) is 6.54 Å². The van der Waals surface area contributed by atoms with Gasteiger partial charge in [0, 0.05) is 0 Å². The van der Waals surface area contributed by atoms with E-state index in [1.165, 1.54) is 0 Å². The van der Waals surface area contributed by atoms with Gasteiger partial charge in [-0.1, -0.05) is 0 Å². The van der Waals surface area contributed by atoms with Crippen molar-refractivity contribution in [1.29, 1.82) is 0 Å². The SMILES string of the molecule is CC[n+]1ccn(C)c1.[Cl-].[Cl-].[Zn+]. The van der Waals surface area contributed by atoms with Gasteiger partial charge in [0.05, 0.1) is 13.6 Å². The number of rotatable bonds is 1. The summed E-state index contributed by atoms with van der Waals surface area (Å²) >= 11 is 0. The molecule has 1 radical (unpaired) electrons. The van der Waals surface area contributed by atoms with Gasteiger partial charge in [0.15, 0.2) is 0 Å². The Morgan fingerprint density at radius 3 is 2.09 bits per heavy atom. The second-order valence-electron chi connectivity index (χ2n) is 1.91. The van der Waals surface area contributed by atoms with E-state index in [1.54, 1.807) is 0 Å². The van der Waals surface area contributed by atoms with Crippen LogP contribution in [-0.4, -0.2) is 4.57 Å². The molecule has 0 fully saturated rings. The van der Waals surface area contributed by atoms with Crippen LogP contribution in [0.1, 0.15) is 6.92 Å². The first-order chi connectivity index (χ1) is 3.83. The van der Waals surface area contributed by atoms with Crippen molar-refractivity contribution in [3.63, 3.8) is 0 Å². The van der Waals surface area contributed by atoms with E-state index in [0.29, 0.717) is 0 Å². The van der Waals surface area contributed by atoms with Gasteiger partial charge in [-0.05, 0) is 6.92 Å². The molecule has 0 aliphatic rings. The summed E-state index contributed by atoms with van der Waals surface area (Å²) in [5.74, 6) is 0. The number of aromatic nitrogens is 2. The molecule has 0 N–H and O–H groups in total. The van der Waals surface area contributed by atoms with Gasteiger partial charge in [-0.2, -0.15) is 0 Å². The molecule has 0 unspecified atom stereocenters. The van der Waals surface area contributed by atoms with Crippen LogP contribution < -0.4 is 29.4 Å². The smallest absolute Gasteiger partial charge is 1.00 e. The molecule has 0 aromatic carbocycles. The minimum Gasteiger partial charge on any atom is -1.00 e. The molecule has 0 atom stereocenters. The first-order valence-corrected chi connectivity index (χ1v) is 2.84. The van der Waals surface area contributed by atoms with Crippen LogP contribution in [0.2, 0.25) is 0 Å². The minimum atomic E-state index is 0. The average molecular weight is 247 g/mol. The third kappa shape index (κ3) is 5.66. The van der Waals surface area contributed by atoms with Crippen molar-refractivity contribution >= 4 is 0 Å². The molecule has 2 nitrogen and oxygen atoms in total. The number of imidazole rings is 1. The summed E-state index contributed by atoms with van der Waals surface area (Å²) in [7, 11) is 2.02. The average Bonchev–Trinajstić information content (AvgIpc) is 2.14. The second-order valence-corrected chi connectivity index (χ2v) is 1.91. The number of hydrogen-bond acceptors (Lipinski definition) is 0. The number of nitrogens with zero attached hydrogens (tertiary/aromatic N) is 2. The maximum atomic E-state index is 2.12. The fourth-order valence-corrected chi connectivity index (χ4v) is 0.689. The van der Waals surface area contributed by atoms with Crippen LogP contribution in [0.5, 0.6) is 0 Å². The van der Waals surface area contributed by atoms with Gasteiger partial charge < -0.3 is 24.8 Å². The third-order valence-electron chi connectivity index (χ3n) is 1.19. The molecule has 0 amide bonds. The van der Waals surface area contributed by atoms with Crippen LogP contribution in [0.25, 0.3) is 0 Å². The Kier molecular flexibility index (Phi) is 13.5. The monoisotopic (exact) mass is 245 g/mol. The quantitative estimate of drug-likeness (QED) is 0.346. The Hall–Kier alpha value is 0.413. The molecule has 0 bridgehead atoms. The maximum absolute atomic E-state index is 2.12. The molecule has 0 saturated heterocycles. The summed E-state index contributed by atoms with van der Waals surface area (Å²) in [6.45, 7) is 3.18. The Morgan fingerprint density at radius 1 is 1.36 bits per heavy atom. The van der Waals surface area contributed by atoms with Crippen LogP contribution in [0.15, 0.2) is 18.7 Å². The van der Waals surface area contributed by atoms with Crippen molar-refractivity contribution in [3.05, 3.63) is 18.7 Å². The molecule has 1 rings (SSSR count). The van der Waals surface area contributed by atoms with E-state index in [2.05, 4.69) is 24.0 Å². The van der Waals surface area contributed by atoms with Gasteiger partial charge >= 0.3 is 19.5 Å². The molecule has 0 aliphatic carbocycles. The van der Waals surface area contributed by atoms with Crippen LogP contribution in [0.4, 0.5) is 0 Å². The molecule has 1 aromatic heterocycles. The standard InChI is InChI=1S/C6H11N2.2ClH.Zn/c1-3-8-5-4-7(2)6-8;;;/h4-6H,3H2,1-2H3;2*1H;/q+1;;;+1/p-2. The first kappa shape index (κ1) is 17.5. The molecule has 11 heavy (non-hydrogen) atoms. The fourth-order valence-electron chi connectivity index (χ4n) is 0.689. The summed E-state index contributed by atoms with van der Waals surface area (Å²) in [5.41, 5.74) is 0. The van der Waals surface area contributed by atoms with Crippen LogP contribution in [0, 0.1) is 0 Å².